The minimum atomic E-state index is -0.579. The Morgan fingerprint density at radius 2 is 1.92 bits per heavy atom. The van der Waals surface area contributed by atoms with Crippen molar-refractivity contribution in [1.82, 2.24) is 14.7 Å². The fraction of sp³-hybridized carbons (Fsp3) is 0.367. The van der Waals surface area contributed by atoms with Crippen LogP contribution in [-0.4, -0.2) is 44.9 Å². The molecule has 1 fully saturated rings. The van der Waals surface area contributed by atoms with E-state index < -0.39 is 5.60 Å². The smallest absolute Gasteiger partial charge is 0.410 e. The van der Waals surface area contributed by atoms with Gasteiger partial charge in [0.25, 0.3) is 0 Å². The van der Waals surface area contributed by atoms with Gasteiger partial charge in [-0.1, -0.05) is 41.9 Å². The SMILES string of the molecule is Cc1cc(NC(=O)C[C@@H]2CCCN2C(=O)OC(C)(C)C)nn1Cc1cc(Cl)cc2cc(-c3ccccc3)oc12. The molecule has 5 rings (SSSR count). The molecule has 8 nitrogen and oxygen atoms in total. The van der Waals surface area contributed by atoms with Crippen molar-refractivity contribution in [3.05, 3.63) is 70.9 Å². The van der Waals surface area contributed by atoms with E-state index in [9.17, 15) is 9.59 Å². The third kappa shape index (κ3) is 6.28. The van der Waals surface area contributed by atoms with Gasteiger partial charge in [-0.25, -0.2) is 4.79 Å². The molecular formula is C30H33ClN4O4. The highest BCUT2D eigenvalue weighted by molar-refractivity contribution is 6.31. The molecule has 0 bridgehead atoms. The first-order chi connectivity index (χ1) is 18.6. The minimum Gasteiger partial charge on any atom is -0.456 e. The van der Waals surface area contributed by atoms with Crippen molar-refractivity contribution in [3.8, 4) is 11.3 Å². The molecule has 0 spiro atoms. The molecule has 1 saturated heterocycles. The zero-order chi connectivity index (χ0) is 27.7. The Hall–Kier alpha value is -3.78. The molecular weight excluding hydrogens is 516 g/mol. The first-order valence-corrected chi connectivity index (χ1v) is 13.5. The third-order valence-corrected chi connectivity index (χ3v) is 6.93. The van der Waals surface area contributed by atoms with Gasteiger partial charge in [0.2, 0.25) is 5.91 Å². The van der Waals surface area contributed by atoms with Gasteiger partial charge in [0.1, 0.15) is 16.9 Å². The minimum absolute atomic E-state index is 0.189. The maximum absolute atomic E-state index is 12.9. The highest BCUT2D eigenvalue weighted by atomic mass is 35.5. The van der Waals surface area contributed by atoms with E-state index >= 15 is 0 Å². The molecule has 1 aliphatic heterocycles. The van der Waals surface area contributed by atoms with Gasteiger partial charge in [-0.3, -0.25) is 9.48 Å². The monoisotopic (exact) mass is 548 g/mol. The van der Waals surface area contributed by atoms with Crippen molar-refractivity contribution in [1.29, 1.82) is 0 Å². The second kappa shape index (κ2) is 10.8. The average molecular weight is 549 g/mol. The van der Waals surface area contributed by atoms with Gasteiger partial charge in [0.15, 0.2) is 5.82 Å². The van der Waals surface area contributed by atoms with Crippen LogP contribution in [0.2, 0.25) is 5.02 Å². The molecule has 2 aromatic carbocycles. The van der Waals surface area contributed by atoms with E-state index in [0.29, 0.717) is 23.9 Å². The second-order valence-corrected chi connectivity index (χ2v) is 11.4. The molecule has 39 heavy (non-hydrogen) atoms. The number of nitrogens with one attached hydrogen (secondary N) is 1. The lowest BCUT2D eigenvalue weighted by molar-refractivity contribution is -0.117. The predicted octanol–water partition coefficient (Wildman–Crippen LogP) is 7.03. The highest BCUT2D eigenvalue weighted by Crippen LogP contribution is 2.33. The number of hydrogen-bond acceptors (Lipinski definition) is 5. The topological polar surface area (TPSA) is 89.6 Å². The van der Waals surface area contributed by atoms with Gasteiger partial charge in [-0.2, -0.15) is 5.10 Å². The van der Waals surface area contributed by atoms with Gasteiger partial charge in [0, 0.05) is 52.3 Å². The molecule has 1 N–H and O–H groups in total. The number of benzene rings is 2. The van der Waals surface area contributed by atoms with E-state index in [-0.39, 0.29) is 24.5 Å². The van der Waals surface area contributed by atoms with Crippen LogP contribution in [0.4, 0.5) is 10.6 Å². The Kier molecular flexibility index (Phi) is 7.40. The van der Waals surface area contributed by atoms with Gasteiger partial charge in [-0.05, 0) is 58.7 Å². The van der Waals surface area contributed by atoms with E-state index in [2.05, 4.69) is 10.4 Å². The van der Waals surface area contributed by atoms with Gasteiger partial charge >= 0.3 is 6.09 Å². The van der Waals surface area contributed by atoms with E-state index in [1.165, 1.54) is 0 Å². The van der Waals surface area contributed by atoms with Crippen molar-refractivity contribution >= 4 is 40.4 Å². The number of nitrogens with zero attached hydrogens (tertiary/aromatic N) is 3. The number of aryl methyl sites for hydroxylation is 1. The number of aromatic nitrogens is 2. The largest absolute Gasteiger partial charge is 0.456 e. The third-order valence-electron chi connectivity index (χ3n) is 6.71. The number of rotatable bonds is 6. The van der Waals surface area contributed by atoms with Crippen LogP contribution in [0.3, 0.4) is 0 Å². The summed E-state index contributed by atoms with van der Waals surface area (Å²) in [5.41, 5.74) is 2.93. The lowest BCUT2D eigenvalue weighted by atomic mass is 10.1. The molecule has 204 valence electrons. The number of amides is 2. The van der Waals surface area contributed by atoms with Crippen LogP contribution in [0, 0.1) is 6.92 Å². The van der Waals surface area contributed by atoms with Crippen molar-refractivity contribution in [2.75, 3.05) is 11.9 Å². The molecule has 0 unspecified atom stereocenters. The van der Waals surface area contributed by atoms with Crippen LogP contribution in [0.5, 0.6) is 0 Å². The molecule has 1 atom stereocenters. The van der Waals surface area contributed by atoms with Gasteiger partial charge in [-0.15, -0.1) is 0 Å². The van der Waals surface area contributed by atoms with Crippen molar-refractivity contribution in [2.24, 2.45) is 0 Å². The van der Waals surface area contributed by atoms with Crippen molar-refractivity contribution in [3.63, 3.8) is 0 Å². The van der Waals surface area contributed by atoms with E-state index in [1.54, 1.807) is 4.90 Å². The second-order valence-electron chi connectivity index (χ2n) is 11.0. The molecule has 0 saturated carbocycles. The Morgan fingerprint density at radius 3 is 2.67 bits per heavy atom. The summed E-state index contributed by atoms with van der Waals surface area (Å²) in [6.07, 6.45) is 1.42. The fourth-order valence-electron chi connectivity index (χ4n) is 4.96. The maximum Gasteiger partial charge on any atom is 0.410 e. The van der Waals surface area contributed by atoms with Crippen LogP contribution in [0.15, 0.2) is 59.0 Å². The molecule has 0 aliphatic carbocycles. The number of halogens is 1. The van der Waals surface area contributed by atoms with Crippen LogP contribution in [0.1, 0.15) is 51.3 Å². The normalized spacial score (nSPS) is 15.6. The van der Waals surface area contributed by atoms with E-state index in [4.69, 9.17) is 20.8 Å². The molecule has 2 amide bonds. The summed E-state index contributed by atoms with van der Waals surface area (Å²) < 4.78 is 13.6. The molecule has 3 heterocycles. The molecule has 4 aromatic rings. The van der Waals surface area contributed by atoms with Crippen LogP contribution >= 0.6 is 11.6 Å². The quantitative estimate of drug-likeness (QED) is 0.279. The summed E-state index contributed by atoms with van der Waals surface area (Å²) in [5, 5.41) is 9.05. The fourth-order valence-corrected chi connectivity index (χ4v) is 5.21. The Balaban J connectivity index is 1.29. The van der Waals surface area contributed by atoms with Gasteiger partial charge < -0.3 is 19.4 Å². The first kappa shape index (κ1) is 26.8. The highest BCUT2D eigenvalue weighted by Gasteiger charge is 2.33. The Morgan fingerprint density at radius 1 is 1.15 bits per heavy atom. The zero-order valence-corrected chi connectivity index (χ0v) is 23.4. The summed E-state index contributed by atoms with van der Waals surface area (Å²) >= 11 is 6.44. The zero-order valence-electron chi connectivity index (χ0n) is 22.7. The lowest BCUT2D eigenvalue weighted by Crippen LogP contribution is -2.41. The number of fused-ring (bicyclic) bond motifs is 1. The predicted molar refractivity (Wildman–Crippen MR) is 152 cm³/mol. The number of furan rings is 1. The summed E-state index contributed by atoms with van der Waals surface area (Å²) in [5.74, 6) is 1.04. The van der Waals surface area contributed by atoms with Crippen LogP contribution < -0.4 is 5.32 Å². The molecule has 9 heteroatoms. The maximum atomic E-state index is 12.9. The summed E-state index contributed by atoms with van der Waals surface area (Å²) in [7, 11) is 0. The first-order valence-electron chi connectivity index (χ1n) is 13.2. The lowest BCUT2D eigenvalue weighted by Gasteiger charge is -2.28. The Bertz CT molecular complexity index is 1500. The summed E-state index contributed by atoms with van der Waals surface area (Å²) in [6.45, 7) is 8.46. The van der Waals surface area contributed by atoms with Crippen molar-refractivity contribution < 1.29 is 18.7 Å². The number of hydrogen-bond donors (Lipinski definition) is 1. The molecule has 2 aromatic heterocycles. The number of carbonyl (C=O) groups is 2. The van der Waals surface area contributed by atoms with Crippen LogP contribution in [-0.2, 0) is 16.1 Å². The summed E-state index contributed by atoms with van der Waals surface area (Å²) in [6, 6.07) is 17.3. The Labute approximate surface area is 232 Å². The van der Waals surface area contributed by atoms with Gasteiger partial charge in [0.05, 0.1) is 6.54 Å². The number of likely N-dealkylation sites (tertiary alicyclic amines) is 1. The number of ether oxygens (including phenoxy) is 1. The summed E-state index contributed by atoms with van der Waals surface area (Å²) in [4.78, 5) is 27.1. The average Bonchev–Trinajstić information content (AvgIpc) is 3.57. The standard InChI is InChI=1S/C30H33ClN4O4/c1-19-13-26(32-27(36)17-24-11-8-12-34(24)29(37)39-30(2,3)4)33-35(19)18-22-15-23(31)14-21-16-25(38-28(21)22)20-9-6-5-7-10-20/h5-7,9-10,13-16,24H,8,11-12,17-18H2,1-4H3,(H,32,33,36)/t24-/m0/s1. The number of anilines is 1. The molecule has 0 radical (unpaired) electrons. The van der Waals surface area contributed by atoms with Crippen molar-refractivity contribution in [2.45, 2.75) is 65.1 Å². The van der Waals surface area contributed by atoms with E-state index in [0.717, 1.165) is 46.4 Å². The van der Waals surface area contributed by atoms with Crippen LogP contribution in [0.25, 0.3) is 22.3 Å². The van der Waals surface area contributed by atoms with E-state index in [1.807, 2.05) is 87.0 Å². The molecule has 1 aliphatic rings. The number of carbonyl (C=O) groups excluding carboxylic acids is 2.